The summed E-state index contributed by atoms with van der Waals surface area (Å²) in [5.41, 5.74) is 3.08. The first-order valence-electron chi connectivity index (χ1n) is 14.7. The number of hydrogen-bond donors (Lipinski definition) is 1. The molecular weight excluding hydrogens is 567 g/mol. The number of halogens is 1. The Kier molecular flexibility index (Phi) is 8.71. The van der Waals surface area contributed by atoms with Gasteiger partial charge in [0.15, 0.2) is 5.82 Å². The van der Waals surface area contributed by atoms with E-state index < -0.39 is 5.82 Å². The molecule has 4 heterocycles. The molecule has 0 saturated carbocycles. The molecule has 0 radical (unpaired) electrons. The number of aryl methyl sites for hydroxylation is 1. The summed E-state index contributed by atoms with van der Waals surface area (Å²) in [6.45, 7) is 2.81. The highest BCUT2D eigenvalue weighted by Gasteiger charge is 2.29. The molecule has 2 aliphatic heterocycles. The van der Waals surface area contributed by atoms with Crippen LogP contribution in [-0.4, -0.2) is 101 Å². The molecule has 0 bridgehead atoms. The number of aromatic nitrogens is 4. The van der Waals surface area contributed by atoms with Crippen molar-refractivity contribution in [1.82, 2.24) is 29.8 Å². The Morgan fingerprint density at radius 3 is 2.77 bits per heavy atom. The number of aromatic amines is 1. The molecule has 11 nitrogen and oxygen atoms in total. The Balaban J connectivity index is 1.36. The van der Waals surface area contributed by atoms with Crippen LogP contribution in [0.1, 0.15) is 28.9 Å². The second-order valence-electron chi connectivity index (χ2n) is 10.9. The molecule has 1 saturated heterocycles. The van der Waals surface area contributed by atoms with Crippen molar-refractivity contribution in [2.24, 2.45) is 0 Å². The lowest BCUT2D eigenvalue weighted by Gasteiger charge is -2.32. The first-order chi connectivity index (χ1) is 21.5. The van der Waals surface area contributed by atoms with Crippen LogP contribution in [0.3, 0.4) is 0 Å². The van der Waals surface area contributed by atoms with Gasteiger partial charge in [-0.3, -0.25) is 14.3 Å². The monoisotopic (exact) mass is 602 g/mol. The van der Waals surface area contributed by atoms with E-state index in [0.717, 1.165) is 11.1 Å². The summed E-state index contributed by atoms with van der Waals surface area (Å²) in [6, 6.07) is 11.0. The van der Waals surface area contributed by atoms with Crippen molar-refractivity contribution >= 4 is 28.3 Å². The van der Waals surface area contributed by atoms with Gasteiger partial charge in [-0.25, -0.2) is 4.39 Å². The summed E-state index contributed by atoms with van der Waals surface area (Å²) in [5.74, 6) is -0.125. The van der Waals surface area contributed by atoms with Crippen LogP contribution in [0.2, 0.25) is 0 Å². The highest BCUT2D eigenvalue weighted by Crippen LogP contribution is 2.40. The fourth-order valence-electron chi connectivity index (χ4n) is 5.93. The fraction of sp³-hybridized carbons (Fsp3) is 0.375. The minimum absolute atomic E-state index is 0.0393. The first-order valence-corrected chi connectivity index (χ1v) is 14.7. The van der Waals surface area contributed by atoms with Gasteiger partial charge in [-0.2, -0.15) is 0 Å². The van der Waals surface area contributed by atoms with E-state index in [9.17, 15) is 9.59 Å². The van der Waals surface area contributed by atoms with Crippen molar-refractivity contribution in [3.05, 3.63) is 71.9 Å². The Labute approximate surface area is 254 Å². The molecule has 2 aromatic carbocycles. The van der Waals surface area contributed by atoms with E-state index in [0.29, 0.717) is 68.1 Å². The number of benzene rings is 2. The molecule has 1 atom stereocenters. The number of H-pyrrole nitrogens is 1. The van der Waals surface area contributed by atoms with E-state index in [-0.39, 0.29) is 42.1 Å². The summed E-state index contributed by atoms with van der Waals surface area (Å²) in [7, 11) is 3.19. The quantitative estimate of drug-likeness (QED) is 0.310. The van der Waals surface area contributed by atoms with Gasteiger partial charge in [-0.05, 0) is 35.8 Å². The summed E-state index contributed by atoms with van der Waals surface area (Å²) >= 11 is 0. The molecule has 4 aromatic rings. The van der Waals surface area contributed by atoms with Crippen molar-refractivity contribution < 1.29 is 28.2 Å². The highest BCUT2D eigenvalue weighted by atomic mass is 19.1. The van der Waals surface area contributed by atoms with Gasteiger partial charge in [0.05, 0.1) is 44.7 Å². The molecule has 230 valence electrons. The fourth-order valence-corrected chi connectivity index (χ4v) is 5.93. The third-order valence-corrected chi connectivity index (χ3v) is 8.13. The average molecular weight is 603 g/mol. The number of nitrogens with zero attached hydrogens (tertiary/aromatic N) is 5. The van der Waals surface area contributed by atoms with E-state index in [1.165, 1.54) is 0 Å². The number of methoxy groups -OCH3 is 2. The second-order valence-corrected chi connectivity index (χ2v) is 10.9. The smallest absolute Gasteiger partial charge is 0.270 e. The maximum absolute atomic E-state index is 16.5. The molecule has 2 aliphatic rings. The number of ether oxygens (including phenoxy) is 3. The SMILES string of the molecule is COC[C@@H]1CN(C(=O)c2cc3c(-c4ccccc4OC)cc(C4=CCCN(C(=O)CCn5ccnn5)C4)c(F)c3[nH]2)CCO1. The van der Waals surface area contributed by atoms with Crippen LogP contribution in [-0.2, 0) is 20.8 Å². The molecular formula is C32H35FN6O5. The van der Waals surface area contributed by atoms with Crippen molar-refractivity contribution in [2.45, 2.75) is 25.5 Å². The summed E-state index contributed by atoms with van der Waals surface area (Å²) < 4.78 is 34.7. The molecule has 0 unspecified atom stereocenters. The molecule has 1 fully saturated rings. The van der Waals surface area contributed by atoms with Gasteiger partial charge in [0, 0.05) is 62.4 Å². The zero-order valence-corrected chi connectivity index (χ0v) is 24.8. The average Bonchev–Trinajstić information content (AvgIpc) is 3.75. The van der Waals surface area contributed by atoms with Crippen LogP contribution in [0.25, 0.3) is 27.6 Å². The predicted molar refractivity (Wildman–Crippen MR) is 162 cm³/mol. The number of morpholine rings is 1. The third kappa shape index (κ3) is 5.95. The van der Waals surface area contributed by atoms with Gasteiger partial charge in [-0.15, -0.1) is 5.10 Å². The van der Waals surface area contributed by atoms with Gasteiger partial charge in [0.25, 0.3) is 5.91 Å². The second kappa shape index (κ2) is 13.0. The van der Waals surface area contributed by atoms with E-state index in [1.807, 2.05) is 30.3 Å². The van der Waals surface area contributed by atoms with Gasteiger partial charge in [0.2, 0.25) is 5.91 Å². The Morgan fingerprint density at radius 2 is 1.98 bits per heavy atom. The van der Waals surface area contributed by atoms with Crippen LogP contribution in [0.4, 0.5) is 4.39 Å². The van der Waals surface area contributed by atoms with E-state index in [1.54, 1.807) is 53.2 Å². The maximum Gasteiger partial charge on any atom is 0.270 e. The standard InChI is InChI=1S/C32H35FN6O5/c1-42-20-22-19-38(14-15-44-22)32(41)27-17-26-25(23-7-3-4-8-28(23)43-2)16-24(30(33)31(26)35-27)21-6-5-11-37(18-21)29(40)9-12-39-13-10-34-36-39/h3-4,6-8,10,13,16-17,22,35H,5,9,11-12,14-15,18-20H2,1-2H3/t22-/m0/s1. The number of carbonyl (C=O) groups excluding carboxylic acids is 2. The maximum atomic E-state index is 16.5. The minimum atomic E-state index is -0.472. The van der Waals surface area contributed by atoms with E-state index in [2.05, 4.69) is 15.3 Å². The topological polar surface area (TPSA) is 115 Å². The molecule has 0 spiro atoms. The minimum Gasteiger partial charge on any atom is -0.496 e. The van der Waals surface area contributed by atoms with Crippen LogP contribution in [0.5, 0.6) is 5.75 Å². The molecule has 0 aliphatic carbocycles. The van der Waals surface area contributed by atoms with Gasteiger partial charge in [0.1, 0.15) is 11.4 Å². The molecule has 1 N–H and O–H groups in total. The molecule has 44 heavy (non-hydrogen) atoms. The predicted octanol–water partition coefficient (Wildman–Crippen LogP) is 3.77. The number of para-hydroxylation sites is 1. The van der Waals surface area contributed by atoms with Crippen molar-refractivity contribution in [1.29, 1.82) is 0 Å². The number of hydrogen-bond acceptors (Lipinski definition) is 7. The number of fused-ring (bicyclic) bond motifs is 1. The lowest BCUT2D eigenvalue weighted by Crippen LogP contribution is -2.47. The first kappa shape index (κ1) is 29.5. The number of rotatable bonds is 9. The summed E-state index contributed by atoms with van der Waals surface area (Å²) in [4.78, 5) is 33.3. The number of carbonyl (C=O) groups is 2. The van der Waals surface area contributed by atoms with Crippen molar-refractivity contribution in [3.63, 3.8) is 0 Å². The normalized spacial score (nSPS) is 17.2. The van der Waals surface area contributed by atoms with Gasteiger partial charge >= 0.3 is 0 Å². The lowest BCUT2D eigenvalue weighted by molar-refractivity contribution is -0.131. The zero-order valence-electron chi connectivity index (χ0n) is 24.8. The van der Waals surface area contributed by atoms with E-state index in [4.69, 9.17) is 14.2 Å². The highest BCUT2D eigenvalue weighted by molar-refractivity contribution is 6.05. The summed E-state index contributed by atoms with van der Waals surface area (Å²) in [5, 5.41) is 8.28. The van der Waals surface area contributed by atoms with Gasteiger partial charge < -0.3 is 29.0 Å². The molecule has 2 aromatic heterocycles. The van der Waals surface area contributed by atoms with Crippen LogP contribution < -0.4 is 4.74 Å². The lowest BCUT2D eigenvalue weighted by atomic mass is 9.93. The Morgan fingerprint density at radius 1 is 1.11 bits per heavy atom. The molecule has 6 rings (SSSR count). The van der Waals surface area contributed by atoms with Crippen molar-refractivity contribution in [3.8, 4) is 16.9 Å². The third-order valence-electron chi connectivity index (χ3n) is 8.13. The zero-order chi connectivity index (χ0) is 30.6. The Hall–Kier alpha value is -4.55. The summed E-state index contributed by atoms with van der Waals surface area (Å²) in [6.07, 6.45) is 5.90. The van der Waals surface area contributed by atoms with Crippen LogP contribution in [0, 0.1) is 5.82 Å². The molecule has 2 amide bonds. The van der Waals surface area contributed by atoms with E-state index >= 15 is 4.39 Å². The van der Waals surface area contributed by atoms with Crippen LogP contribution in [0.15, 0.2) is 54.9 Å². The van der Waals surface area contributed by atoms with Crippen molar-refractivity contribution in [2.75, 3.05) is 53.6 Å². The molecule has 12 heteroatoms. The number of amides is 2. The van der Waals surface area contributed by atoms with Gasteiger partial charge in [-0.1, -0.05) is 29.5 Å². The van der Waals surface area contributed by atoms with Crippen LogP contribution >= 0.6 is 0 Å². The number of nitrogens with one attached hydrogen (secondary N) is 1. The largest absolute Gasteiger partial charge is 0.496 e. The Bertz CT molecular complexity index is 1680.